The van der Waals surface area contributed by atoms with Crippen LogP contribution in [0.1, 0.15) is 0 Å². The summed E-state index contributed by atoms with van der Waals surface area (Å²) in [4.78, 5) is 2.39. The van der Waals surface area contributed by atoms with Crippen molar-refractivity contribution < 1.29 is 0 Å². The lowest BCUT2D eigenvalue weighted by Crippen LogP contribution is -2.10. The Bertz CT molecular complexity index is 3200. The molecule has 55 heavy (non-hydrogen) atoms. The first-order chi connectivity index (χ1) is 27.2. The van der Waals surface area contributed by atoms with Crippen LogP contribution in [-0.2, 0) is 0 Å². The summed E-state index contributed by atoms with van der Waals surface area (Å²) in [5.41, 5.74) is 10.7. The molecule has 0 atom stereocenters. The Morgan fingerprint density at radius 2 is 0.855 bits per heavy atom. The Morgan fingerprint density at radius 1 is 0.291 bits per heavy atom. The predicted molar refractivity (Wildman–Crippen MR) is 241 cm³/mol. The minimum Gasteiger partial charge on any atom is -0.310 e. The quantitative estimate of drug-likeness (QED) is 0.164. The molecule has 0 spiro atoms. The maximum atomic E-state index is 2.39. The van der Waals surface area contributed by atoms with Crippen molar-refractivity contribution in [3.05, 3.63) is 200 Å². The van der Waals surface area contributed by atoms with Gasteiger partial charge in [-0.2, -0.15) is 0 Å². The lowest BCUT2D eigenvalue weighted by molar-refractivity contribution is 1.28. The monoisotopic (exact) mass is 735 g/mol. The SMILES string of the molecule is c1cc(-c2cccc3ccccc23)cc(N(c2ccc(-c3ccc4c(c3)sc3ccccc34)cc2)c2ccc(-c3cccc4c3sc3ccccc34)cc2)c1. The van der Waals surface area contributed by atoms with E-state index < -0.39 is 0 Å². The second-order valence-corrected chi connectivity index (χ2v) is 16.2. The molecule has 0 N–H and O–H groups in total. The molecule has 9 aromatic carbocycles. The van der Waals surface area contributed by atoms with Crippen LogP contribution >= 0.6 is 22.7 Å². The van der Waals surface area contributed by atoms with E-state index in [9.17, 15) is 0 Å². The van der Waals surface area contributed by atoms with Gasteiger partial charge < -0.3 is 4.90 Å². The summed E-state index contributed by atoms with van der Waals surface area (Å²) in [7, 11) is 0. The molecule has 0 fully saturated rings. The van der Waals surface area contributed by atoms with Crippen LogP contribution in [0.5, 0.6) is 0 Å². The van der Waals surface area contributed by atoms with Crippen molar-refractivity contribution in [3.8, 4) is 33.4 Å². The highest BCUT2D eigenvalue weighted by Gasteiger charge is 2.17. The van der Waals surface area contributed by atoms with Crippen molar-refractivity contribution in [1.29, 1.82) is 0 Å². The van der Waals surface area contributed by atoms with Crippen molar-refractivity contribution in [2.45, 2.75) is 0 Å². The van der Waals surface area contributed by atoms with E-state index >= 15 is 0 Å². The summed E-state index contributed by atoms with van der Waals surface area (Å²) < 4.78 is 5.31. The predicted octanol–water partition coefficient (Wildman–Crippen LogP) is 16.0. The first kappa shape index (κ1) is 32.0. The average molecular weight is 736 g/mol. The molecule has 3 heteroatoms. The van der Waals surface area contributed by atoms with Crippen molar-refractivity contribution in [2.24, 2.45) is 0 Å². The van der Waals surface area contributed by atoms with Gasteiger partial charge >= 0.3 is 0 Å². The number of nitrogens with zero attached hydrogens (tertiary/aromatic N) is 1. The molecule has 2 heterocycles. The topological polar surface area (TPSA) is 3.24 Å². The molecule has 1 nitrogen and oxygen atoms in total. The normalized spacial score (nSPS) is 11.6. The van der Waals surface area contributed by atoms with Crippen LogP contribution < -0.4 is 4.90 Å². The average Bonchev–Trinajstić information content (AvgIpc) is 3.82. The third-order valence-electron chi connectivity index (χ3n) is 10.9. The molecular formula is C52H33NS2. The number of hydrogen-bond donors (Lipinski definition) is 0. The Morgan fingerprint density at radius 3 is 1.65 bits per heavy atom. The summed E-state index contributed by atoms with van der Waals surface area (Å²) in [6, 6.07) is 73.4. The number of fused-ring (bicyclic) bond motifs is 7. The fourth-order valence-corrected chi connectivity index (χ4v) is 10.6. The zero-order chi connectivity index (χ0) is 36.3. The zero-order valence-corrected chi connectivity index (χ0v) is 31.4. The van der Waals surface area contributed by atoms with Gasteiger partial charge in [0, 0.05) is 57.4 Å². The first-order valence-electron chi connectivity index (χ1n) is 18.7. The van der Waals surface area contributed by atoms with Gasteiger partial charge in [0.2, 0.25) is 0 Å². The number of thiophene rings is 2. The Kier molecular flexibility index (Phi) is 7.61. The number of rotatable bonds is 6. The van der Waals surface area contributed by atoms with Gasteiger partial charge in [0.1, 0.15) is 0 Å². The number of hydrogen-bond acceptors (Lipinski definition) is 3. The van der Waals surface area contributed by atoms with Crippen LogP contribution in [0.3, 0.4) is 0 Å². The lowest BCUT2D eigenvalue weighted by Gasteiger charge is -2.26. The van der Waals surface area contributed by atoms with Crippen LogP contribution in [0, 0.1) is 0 Å². The van der Waals surface area contributed by atoms with Gasteiger partial charge in [-0.15, -0.1) is 22.7 Å². The molecule has 0 aliphatic rings. The van der Waals surface area contributed by atoms with Crippen LogP contribution in [0.2, 0.25) is 0 Å². The summed E-state index contributed by atoms with van der Waals surface area (Å²) in [6.07, 6.45) is 0. The second-order valence-electron chi connectivity index (χ2n) is 14.1. The molecule has 0 saturated heterocycles. The molecule has 0 saturated carbocycles. The van der Waals surface area contributed by atoms with Crippen LogP contribution in [-0.4, -0.2) is 0 Å². The molecule has 0 amide bonds. The van der Waals surface area contributed by atoms with Crippen molar-refractivity contribution in [1.82, 2.24) is 0 Å². The minimum atomic E-state index is 1.11. The molecular weight excluding hydrogens is 703 g/mol. The zero-order valence-electron chi connectivity index (χ0n) is 29.8. The highest BCUT2D eigenvalue weighted by Crippen LogP contribution is 2.43. The van der Waals surface area contributed by atoms with Gasteiger partial charge in [-0.3, -0.25) is 0 Å². The first-order valence-corrected chi connectivity index (χ1v) is 20.3. The summed E-state index contributed by atoms with van der Waals surface area (Å²) in [6.45, 7) is 0. The number of benzene rings is 9. The van der Waals surface area contributed by atoms with Crippen molar-refractivity contribution in [2.75, 3.05) is 4.90 Å². The molecule has 0 aliphatic carbocycles. The van der Waals surface area contributed by atoms with Gasteiger partial charge in [-0.25, -0.2) is 0 Å². The Labute approximate surface area is 327 Å². The molecule has 2 aromatic heterocycles. The lowest BCUT2D eigenvalue weighted by atomic mass is 9.97. The van der Waals surface area contributed by atoms with E-state index in [-0.39, 0.29) is 0 Å². The van der Waals surface area contributed by atoms with E-state index in [1.54, 1.807) is 0 Å². The largest absolute Gasteiger partial charge is 0.310 e. The molecule has 258 valence electrons. The van der Waals surface area contributed by atoms with Gasteiger partial charge in [0.25, 0.3) is 0 Å². The van der Waals surface area contributed by atoms with Gasteiger partial charge in [0.05, 0.1) is 0 Å². The van der Waals surface area contributed by atoms with E-state index in [0.29, 0.717) is 0 Å². The van der Waals surface area contributed by atoms with E-state index in [1.165, 1.54) is 84.5 Å². The summed E-state index contributed by atoms with van der Waals surface area (Å²) in [5.74, 6) is 0. The van der Waals surface area contributed by atoms with Gasteiger partial charge in [-0.05, 0) is 98.8 Å². The molecule has 0 bridgehead atoms. The van der Waals surface area contributed by atoms with E-state index in [4.69, 9.17) is 0 Å². The standard InChI is InChI=1S/C52H33NS2/c1-2-14-42-35(10-1)11-8-17-43(42)38-12-7-13-41(32-38)53(39-27-22-34(23-28-39)37-26-31-47-45-15-3-5-20-49(45)54-51(47)33-37)40-29-24-36(25-30-40)44-18-9-19-48-46-16-4-6-21-50(46)55-52(44)48/h1-33H. The van der Waals surface area contributed by atoms with Gasteiger partial charge in [0.15, 0.2) is 0 Å². The van der Waals surface area contributed by atoms with Crippen LogP contribution in [0.4, 0.5) is 17.1 Å². The third kappa shape index (κ3) is 5.51. The van der Waals surface area contributed by atoms with Crippen LogP contribution in [0.25, 0.3) is 84.5 Å². The smallest absolute Gasteiger partial charge is 0.0467 e. The molecule has 0 radical (unpaired) electrons. The highest BCUT2D eigenvalue weighted by molar-refractivity contribution is 7.26. The molecule has 11 rings (SSSR count). The maximum absolute atomic E-state index is 2.39. The Hall–Kier alpha value is -6.52. The van der Waals surface area contributed by atoms with E-state index in [0.717, 1.165) is 17.1 Å². The number of anilines is 3. The van der Waals surface area contributed by atoms with Crippen molar-refractivity contribution in [3.63, 3.8) is 0 Å². The van der Waals surface area contributed by atoms with Gasteiger partial charge in [-0.1, -0.05) is 146 Å². The fourth-order valence-electron chi connectivity index (χ4n) is 8.21. The van der Waals surface area contributed by atoms with Crippen molar-refractivity contribution >= 4 is 90.9 Å². The maximum Gasteiger partial charge on any atom is 0.0467 e. The molecule has 0 unspecified atom stereocenters. The Balaban J connectivity index is 1.01. The summed E-state index contributed by atoms with van der Waals surface area (Å²) in [5, 5.41) is 7.80. The minimum absolute atomic E-state index is 1.11. The summed E-state index contributed by atoms with van der Waals surface area (Å²) >= 11 is 3.74. The molecule has 0 aliphatic heterocycles. The molecule has 11 aromatic rings. The fraction of sp³-hybridized carbons (Fsp3) is 0. The second kappa shape index (κ2) is 13.1. The van der Waals surface area contributed by atoms with Crippen LogP contribution in [0.15, 0.2) is 200 Å². The highest BCUT2D eigenvalue weighted by atomic mass is 32.1. The third-order valence-corrected chi connectivity index (χ3v) is 13.2. The van der Waals surface area contributed by atoms with E-state index in [2.05, 4.69) is 205 Å². The van der Waals surface area contributed by atoms with E-state index in [1.807, 2.05) is 22.7 Å².